The van der Waals surface area contributed by atoms with Crippen molar-refractivity contribution in [3.63, 3.8) is 0 Å². The molecular weight excluding hydrogens is 206 g/mol. The van der Waals surface area contributed by atoms with E-state index < -0.39 is 0 Å². The minimum atomic E-state index is 0.146. The number of aliphatic hydroxyl groups excluding tert-OH is 1. The predicted molar refractivity (Wildman–Crippen MR) is 64.2 cm³/mol. The molecule has 2 nitrogen and oxygen atoms in total. The first-order valence-corrected chi connectivity index (χ1v) is 6.68. The summed E-state index contributed by atoms with van der Waals surface area (Å²) in [4.78, 5) is 1.25. The van der Waals surface area contributed by atoms with E-state index in [2.05, 4.69) is 16.8 Å². The van der Waals surface area contributed by atoms with Gasteiger partial charge in [0.05, 0.1) is 12.6 Å². The lowest BCUT2D eigenvalue weighted by atomic mass is 9.95. The van der Waals surface area contributed by atoms with Gasteiger partial charge in [-0.25, -0.2) is 0 Å². The van der Waals surface area contributed by atoms with Crippen LogP contribution in [-0.4, -0.2) is 17.8 Å². The van der Waals surface area contributed by atoms with Crippen LogP contribution in [0.5, 0.6) is 0 Å². The van der Waals surface area contributed by atoms with Crippen molar-refractivity contribution in [1.82, 2.24) is 5.32 Å². The van der Waals surface area contributed by atoms with Crippen LogP contribution in [0.4, 0.5) is 0 Å². The number of nitrogens with one attached hydrogen (secondary N) is 1. The van der Waals surface area contributed by atoms with Gasteiger partial charge in [0.1, 0.15) is 0 Å². The summed E-state index contributed by atoms with van der Waals surface area (Å²) in [7, 11) is 0. The Morgan fingerprint density at radius 1 is 1.40 bits per heavy atom. The van der Waals surface area contributed by atoms with E-state index in [-0.39, 0.29) is 12.6 Å². The van der Waals surface area contributed by atoms with Crippen LogP contribution in [0.2, 0.25) is 0 Å². The van der Waals surface area contributed by atoms with Crippen molar-refractivity contribution in [2.45, 2.75) is 44.2 Å². The fourth-order valence-electron chi connectivity index (χ4n) is 2.27. The van der Waals surface area contributed by atoms with E-state index in [0.29, 0.717) is 6.04 Å². The molecule has 0 aromatic carbocycles. The Balaban J connectivity index is 1.90. The second-order valence-corrected chi connectivity index (χ2v) is 5.23. The molecule has 1 aromatic heterocycles. The van der Waals surface area contributed by atoms with Crippen LogP contribution in [0.15, 0.2) is 17.5 Å². The second-order valence-electron chi connectivity index (χ2n) is 4.25. The van der Waals surface area contributed by atoms with Crippen molar-refractivity contribution >= 4 is 11.3 Å². The minimum Gasteiger partial charge on any atom is -0.394 e. The van der Waals surface area contributed by atoms with Crippen LogP contribution in [0.1, 0.15) is 43.0 Å². The minimum absolute atomic E-state index is 0.146. The molecule has 1 fully saturated rings. The highest BCUT2D eigenvalue weighted by atomic mass is 32.1. The van der Waals surface area contributed by atoms with Gasteiger partial charge in [0.25, 0.3) is 0 Å². The molecule has 1 aliphatic rings. The molecule has 0 spiro atoms. The van der Waals surface area contributed by atoms with Gasteiger partial charge in [-0.15, -0.1) is 11.3 Å². The van der Waals surface area contributed by atoms with Gasteiger partial charge >= 0.3 is 0 Å². The lowest BCUT2D eigenvalue weighted by Gasteiger charge is -2.27. The highest BCUT2D eigenvalue weighted by Gasteiger charge is 2.18. The predicted octanol–water partition coefficient (Wildman–Crippen LogP) is 2.70. The summed E-state index contributed by atoms with van der Waals surface area (Å²) in [5.74, 6) is 0. The third-order valence-electron chi connectivity index (χ3n) is 3.11. The van der Waals surface area contributed by atoms with Crippen molar-refractivity contribution in [3.8, 4) is 0 Å². The molecule has 0 bridgehead atoms. The summed E-state index contributed by atoms with van der Waals surface area (Å²) in [5.41, 5.74) is 0. The van der Waals surface area contributed by atoms with Gasteiger partial charge in [-0.3, -0.25) is 0 Å². The molecule has 0 saturated heterocycles. The molecule has 1 heterocycles. The number of hydrogen-bond acceptors (Lipinski definition) is 3. The van der Waals surface area contributed by atoms with Crippen LogP contribution in [-0.2, 0) is 0 Å². The van der Waals surface area contributed by atoms with Crippen LogP contribution in [0.25, 0.3) is 0 Å². The van der Waals surface area contributed by atoms with Gasteiger partial charge in [-0.2, -0.15) is 0 Å². The molecular formula is C12H19NOS. The fraction of sp³-hybridized carbons (Fsp3) is 0.667. The number of hydrogen-bond donors (Lipinski definition) is 2. The Morgan fingerprint density at radius 2 is 2.20 bits per heavy atom. The summed E-state index contributed by atoms with van der Waals surface area (Å²) in [5, 5.41) is 15.0. The molecule has 0 aliphatic heterocycles. The first-order valence-electron chi connectivity index (χ1n) is 5.80. The van der Waals surface area contributed by atoms with E-state index in [1.54, 1.807) is 11.3 Å². The smallest absolute Gasteiger partial charge is 0.0651 e. The van der Waals surface area contributed by atoms with Gasteiger partial charge in [-0.1, -0.05) is 25.3 Å². The molecule has 84 valence electrons. The molecule has 2 N–H and O–H groups in total. The molecule has 1 aliphatic carbocycles. The number of thiophene rings is 1. The van der Waals surface area contributed by atoms with Crippen molar-refractivity contribution < 1.29 is 5.11 Å². The van der Waals surface area contributed by atoms with Crippen molar-refractivity contribution in [1.29, 1.82) is 0 Å². The van der Waals surface area contributed by atoms with Crippen LogP contribution in [0.3, 0.4) is 0 Å². The molecule has 15 heavy (non-hydrogen) atoms. The van der Waals surface area contributed by atoms with Gasteiger partial charge in [0, 0.05) is 10.9 Å². The standard InChI is InChI=1S/C12H19NOS/c14-9-11(12-7-4-8-15-12)13-10-5-2-1-3-6-10/h4,7-8,10-11,13-14H,1-3,5-6,9H2. The summed E-state index contributed by atoms with van der Waals surface area (Å²) >= 11 is 1.72. The zero-order valence-corrected chi connectivity index (χ0v) is 9.80. The van der Waals surface area contributed by atoms with E-state index in [9.17, 15) is 5.11 Å². The monoisotopic (exact) mass is 225 g/mol. The Hall–Kier alpha value is -0.380. The van der Waals surface area contributed by atoms with Crippen LogP contribution >= 0.6 is 11.3 Å². The van der Waals surface area contributed by atoms with Crippen molar-refractivity contribution in [2.75, 3.05) is 6.61 Å². The molecule has 1 saturated carbocycles. The highest BCUT2D eigenvalue weighted by Crippen LogP contribution is 2.23. The Kier molecular flexibility index (Phi) is 4.18. The SMILES string of the molecule is OCC(NC1CCCCC1)c1cccs1. The topological polar surface area (TPSA) is 32.3 Å². The van der Waals surface area contributed by atoms with E-state index in [0.717, 1.165) is 0 Å². The Labute approximate surface area is 95.3 Å². The quantitative estimate of drug-likeness (QED) is 0.826. The molecule has 0 radical (unpaired) electrons. The summed E-state index contributed by atoms with van der Waals surface area (Å²) in [6.07, 6.45) is 6.57. The zero-order chi connectivity index (χ0) is 10.5. The molecule has 1 unspecified atom stereocenters. The molecule has 2 rings (SSSR count). The lowest BCUT2D eigenvalue weighted by Crippen LogP contribution is -2.35. The second kappa shape index (κ2) is 5.64. The fourth-order valence-corrected chi connectivity index (χ4v) is 3.05. The van der Waals surface area contributed by atoms with E-state index in [1.807, 2.05) is 6.07 Å². The molecule has 3 heteroatoms. The van der Waals surface area contributed by atoms with Crippen LogP contribution in [0, 0.1) is 0 Å². The van der Waals surface area contributed by atoms with Gasteiger partial charge in [0.2, 0.25) is 0 Å². The number of rotatable bonds is 4. The maximum atomic E-state index is 9.37. The first-order chi connectivity index (χ1) is 7.40. The average Bonchev–Trinajstić information content (AvgIpc) is 2.81. The van der Waals surface area contributed by atoms with Crippen LogP contribution < -0.4 is 5.32 Å². The Bertz CT molecular complexity index is 267. The molecule has 0 amide bonds. The maximum Gasteiger partial charge on any atom is 0.0651 e. The summed E-state index contributed by atoms with van der Waals surface area (Å²) in [6, 6.07) is 4.90. The van der Waals surface area contributed by atoms with E-state index >= 15 is 0 Å². The highest BCUT2D eigenvalue weighted by molar-refractivity contribution is 7.10. The van der Waals surface area contributed by atoms with Gasteiger partial charge in [0.15, 0.2) is 0 Å². The third kappa shape index (κ3) is 3.03. The normalized spacial score (nSPS) is 20.3. The molecule has 1 atom stereocenters. The largest absolute Gasteiger partial charge is 0.394 e. The summed E-state index contributed by atoms with van der Waals surface area (Å²) < 4.78 is 0. The van der Waals surface area contributed by atoms with E-state index in [1.165, 1.54) is 37.0 Å². The Morgan fingerprint density at radius 3 is 2.80 bits per heavy atom. The molecule has 1 aromatic rings. The number of aliphatic hydroxyl groups is 1. The summed E-state index contributed by atoms with van der Waals surface area (Å²) in [6.45, 7) is 0.205. The van der Waals surface area contributed by atoms with Crippen molar-refractivity contribution in [3.05, 3.63) is 22.4 Å². The zero-order valence-electron chi connectivity index (χ0n) is 8.98. The van der Waals surface area contributed by atoms with E-state index in [4.69, 9.17) is 0 Å². The van der Waals surface area contributed by atoms with Crippen molar-refractivity contribution in [2.24, 2.45) is 0 Å². The third-order valence-corrected chi connectivity index (χ3v) is 4.10. The van der Waals surface area contributed by atoms with Gasteiger partial charge < -0.3 is 10.4 Å². The maximum absolute atomic E-state index is 9.37. The first kappa shape index (κ1) is 11.1. The lowest BCUT2D eigenvalue weighted by molar-refractivity contribution is 0.222. The van der Waals surface area contributed by atoms with Gasteiger partial charge in [-0.05, 0) is 24.3 Å². The average molecular weight is 225 g/mol.